The highest BCUT2D eigenvalue weighted by Crippen LogP contribution is 2.41. The molecule has 0 saturated carbocycles. The van der Waals surface area contributed by atoms with Gasteiger partial charge in [0.25, 0.3) is 0 Å². The number of unbranched alkanes of at least 4 members (excludes halogenated alkanes) is 8. The highest BCUT2D eigenvalue weighted by atomic mass is 16.5. The van der Waals surface area contributed by atoms with Gasteiger partial charge >= 0.3 is 0 Å². The first kappa shape index (κ1) is 35.2. The molecule has 0 saturated heterocycles. The van der Waals surface area contributed by atoms with Gasteiger partial charge in [-0.2, -0.15) is 0 Å². The lowest BCUT2D eigenvalue weighted by Crippen LogP contribution is -2.10. The molecule has 0 radical (unpaired) electrons. The van der Waals surface area contributed by atoms with Crippen LogP contribution in [0.5, 0.6) is 28.7 Å². The maximum atomic E-state index is 13.8. The van der Waals surface area contributed by atoms with Gasteiger partial charge in [0.2, 0.25) is 11.2 Å². The van der Waals surface area contributed by atoms with E-state index in [0.29, 0.717) is 46.3 Å². The van der Waals surface area contributed by atoms with Crippen LogP contribution in [0.1, 0.15) is 68.9 Å². The van der Waals surface area contributed by atoms with Gasteiger partial charge in [0, 0.05) is 24.7 Å². The highest BCUT2D eigenvalue weighted by Gasteiger charge is 2.24. The van der Waals surface area contributed by atoms with Crippen molar-refractivity contribution < 1.29 is 32.8 Å². The first-order valence-corrected chi connectivity index (χ1v) is 16.2. The molecule has 0 aliphatic carbocycles. The van der Waals surface area contributed by atoms with Gasteiger partial charge in [0.05, 0.1) is 42.2 Å². The van der Waals surface area contributed by atoms with Crippen molar-refractivity contribution in [3.8, 4) is 51.9 Å². The van der Waals surface area contributed by atoms with Crippen LogP contribution in [0.15, 0.2) is 63.8 Å². The number of hydrogen-bond donors (Lipinski definition) is 0. The third kappa shape index (κ3) is 9.24. The van der Waals surface area contributed by atoms with Crippen LogP contribution >= 0.6 is 0 Å². The molecular formula is C39H46O8. The fraction of sp³-hybridized carbons (Fsp3) is 0.410. The third-order valence-corrected chi connectivity index (χ3v) is 8.00. The lowest BCUT2D eigenvalue weighted by Gasteiger charge is -2.15. The van der Waals surface area contributed by atoms with Gasteiger partial charge in [-0.25, -0.2) is 0 Å². The van der Waals surface area contributed by atoms with Crippen molar-refractivity contribution in [3.05, 3.63) is 75.9 Å². The Kier molecular flexibility index (Phi) is 13.9. The van der Waals surface area contributed by atoms with Crippen molar-refractivity contribution in [1.82, 2.24) is 0 Å². The van der Waals surface area contributed by atoms with E-state index in [1.165, 1.54) is 51.9 Å². The molecule has 250 valence electrons. The van der Waals surface area contributed by atoms with E-state index in [4.69, 9.17) is 32.8 Å². The fourth-order valence-electron chi connectivity index (χ4n) is 5.51. The van der Waals surface area contributed by atoms with Crippen molar-refractivity contribution in [2.75, 3.05) is 42.2 Å². The molecule has 0 aliphatic rings. The van der Waals surface area contributed by atoms with E-state index in [0.717, 1.165) is 32.3 Å². The summed E-state index contributed by atoms with van der Waals surface area (Å²) >= 11 is 0. The van der Waals surface area contributed by atoms with E-state index < -0.39 is 0 Å². The summed E-state index contributed by atoms with van der Waals surface area (Å²) < 4.78 is 39.8. The number of rotatable bonds is 18. The minimum absolute atomic E-state index is 0.0449. The summed E-state index contributed by atoms with van der Waals surface area (Å²) in [7, 11) is 7.60. The number of methoxy groups -OCH3 is 5. The minimum Gasteiger partial charge on any atom is -0.495 e. The predicted octanol–water partition coefficient (Wildman–Crippen LogP) is 8.58. The monoisotopic (exact) mass is 642 g/mol. The lowest BCUT2D eigenvalue weighted by molar-refractivity contribution is 0.116. The number of benzene rings is 3. The molecule has 0 atom stereocenters. The predicted molar refractivity (Wildman–Crippen MR) is 185 cm³/mol. The molecule has 0 amide bonds. The zero-order valence-electron chi connectivity index (χ0n) is 28.2. The van der Waals surface area contributed by atoms with Crippen LogP contribution in [0.2, 0.25) is 0 Å². The summed E-state index contributed by atoms with van der Waals surface area (Å²) in [6, 6.07) is 17.2. The van der Waals surface area contributed by atoms with E-state index in [1.807, 2.05) is 18.2 Å². The van der Waals surface area contributed by atoms with Gasteiger partial charge in [0.15, 0.2) is 23.0 Å². The van der Waals surface area contributed by atoms with Crippen LogP contribution in [0.3, 0.4) is 0 Å². The van der Waals surface area contributed by atoms with Gasteiger partial charge in [0.1, 0.15) is 22.3 Å². The van der Waals surface area contributed by atoms with Gasteiger partial charge < -0.3 is 32.8 Å². The molecule has 0 fully saturated rings. The van der Waals surface area contributed by atoms with Crippen LogP contribution in [0.25, 0.3) is 22.3 Å². The Bertz CT molecular complexity index is 1700. The summed E-state index contributed by atoms with van der Waals surface area (Å²) in [6.45, 7) is 1.51. The molecule has 47 heavy (non-hydrogen) atoms. The molecule has 0 unspecified atom stereocenters. The molecule has 1 heterocycles. The van der Waals surface area contributed by atoms with Gasteiger partial charge in [-0.15, -0.1) is 0 Å². The Morgan fingerprint density at radius 1 is 0.660 bits per heavy atom. The SMILES string of the molecule is COc1ccc(-c2oc3cc(OC)c(C#CCCCCCCCCCCOCc4ccccc4)c(OC)c3c(=O)c2OC)cc1OC. The van der Waals surface area contributed by atoms with Gasteiger partial charge in [-0.3, -0.25) is 4.79 Å². The number of fused-ring (bicyclic) bond motifs is 1. The molecular weight excluding hydrogens is 596 g/mol. The Morgan fingerprint density at radius 3 is 1.98 bits per heavy atom. The lowest BCUT2D eigenvalue weighted by atomic mass is 10.0. The zero-order chi connectivity index (χ0) is 33.4. The summed E-state index contributed by atoms with van der Waals surface area (Å²) in [5.74, 6) is 8.54. The largest absolute Gasteiger partial charge is 0.495 e. The highest BCUT2D eigenvalue weighted by molar-refractivity contribution is 5.91. The zero-order valence-corrected chi connectivity index (χ0v) is 28.2. The molecule has 0 aliphatic heterocycles. The van der Waals surface area contributed by atoms with Crippen LogP contribution in [-0.4, -0.2) is 42.2 Å². The van der Waals surface area contributed by atoms with Crippen molar-refractivity contribution in [1.29, 1.82) is 0 Å². The second-order valence-electron chi connectivity index (χ2n) is 11.1. The van der Waals surface area contributed by atoms with E-state index in [2.05, 4.69) is 24.0 Å². The van der Waals surface area contributed by atoms with Crippen LogP contribution in [0.4, 0.5) is 0 Å². The second-order valence-corrected chi connectivity index (χ2v) is 11.1. The van der Waals surface area contributed by atoms with Gasteiger partial charge in [-0.1, -0.05) is 80.7 Å². The average molecular weight is 643 g/mol. The second kappa shape index (κ2) is 18.5. The first-order valence-electron chi connectivity index (χ1n) is 16.2. The molecule has 0 bridgehead atoms. The van der Waals surface area contributed by atoms with Crippen LogP contribution < -0.4 is 29.1 Å². The molecule has 8 nitrogen and oxygen atoms in total. The van der Waals surface area contributed by atoms with E-state index in [9.17, 15) is 4.79 Å². The van der Waals surface area contributed by atoms with Crippen LogP contribution in [0, 0.1) is 11.8 Å². The van der Waals surface area contributed by atoms with Crippen molar-refractivity contribution in [2.24, 2.45) is 0 Å². The molecule has 0 N–H and O–H groups in total. The van der Waals surface area contributed by atoms with Crippen LogP contribution in [-0.2, 0) is 11.3 Å². The Hall–Kier alpha value is -4.61. The Balaban J connectivity index is 1.34. The standard InChI is InChI=1S/C39H46O8/c1-41-31-23-22-29(25-33(31)43-3)37-39(45-5)36(40)35-34(47-37)26-32(42-2)30(38(35)44-4)21-17-12-10-8-6-7-9-11-13-18-24-46-27-28-19-15-14-16-20-28/h14-16,19-20,22-23,25-26H,6-13,18,24,27H2,1-5H3. The third-order valence-electron chi connectivity index (χ3n) is 8.00. The Morgan fingerprint density at radius 2 is 1.32 bits per heavy atom. The number of ether oxygens (including phenoxy) is 6. The maximum absolute atomic E-state index is 13.8. The first-order chi connectivity index (χ1) is 23.1. The fourth-order valence-corrected chi connectivity index (χ4v) is 5.51. The van der Waals surface area contributed by atoms with E-state index >= 15 is 0 Å². The molecule has 8 heteroatoms. The molecule has 4 aromatic rings. The number of hydrogen-bond acceptors (Lipinski definition) is 8. The summed E-state index contributed by atoms with van der Waals surface area (Å²) in [6.07, 6.45) is 10.1. The summed E-state index contributed by atoms with van der Waals surface area (Å²) in [4.78, 5) is 13.8. The average Bonchev–Trinajstić information content (AvgIpc) is 3.11. The Labute approximate surface area is 277 Å². The normalized spacial score (nSPS) is 10.7. The molecule has 0 spiro atoms. The molecule has 1 aromatic heterocycles. The molecule has 3 aromatic carbocycles. The van der Waals surface area contributed by atoms with Crippen molar-refractivity contribution in [2.45, 2.75) is 64.4 Å². The van der Waals surface area contributed by atoms with Crippen molar-refractivity contribution in [3.63, 3.8) is 0 Å². The van der Waals surface area contributed by atoms with E-state index in [1.54, 1.807) is 45.6 Å². The van der Waals surface area contributed by atoms with Crippen molar-refractivity contribution >= 4 is 11.0 Å². The molecule has 4 rings (SSSR count). The topological polar surface area (TPSA) is 85.6 Å². The quantitative estimate of drug-likeness (QED) is 0.0788. The van der Waals surface area contributed by atoms with E-state index in [-0.39, 0.29) is 22.3 Å². The summed E-state index contributed by atoms with van der Waals surface area (Å²) in [5.41, 5.74) is 2.23. The van der Waals surface area contributed by atoms with Gasteiger partial charge in [-0.05, 0) is 36.6 Å². The minimum atomic E-state index is -0.374. The maximum Gasteiger partial charge on any atom is 0.239 e. The smallest absolute Gasteiger partial charge is 0.239 e. The summed E-state index contributed by atoms with van der Waals surface area (Å²) in [5, 5.41) is 0.237.